The minimum atomic E-state index is -0.386. The molecular formula is C32H35NO3S. The van der Waals surface area contributed by atoms with Crippen LogP contribution in [0.25, 0.3) is 6.08 Å². The molecule has 1 aromatic heterocycles. The third-order valence-corrected chi connectivity index (χ3v) is 8.15. The van der Waals surface area contributed by atoms with Gasteiger partial charge in [0.2, 0.25) is 5.78 Å². The first-order valence-corrected chi connectivity index (χ1v) is 13.5. The van der Waals surface area contributed by atoms with Gasteiger partial charge >= 0.3 is 0 Å². The van der Waals surface area contributed by atoms with Crippen LogP contribution >= 0.6 is 11.3 Å². The van der Waals surface area contributed by atoms with Gasteiger partial charge in [0.25, 0.3) is 0 Å². The highest BCUT2D eigenvalue weighted by atomic mass is 32.1. The van der Waals surface area contributed by atoms with Crippen molar-refractivity contribution in [3.63, 3.8) is 0 Å². The number of allylic oxidation sites excluding steroid dienone is 3. The number of aryl methyl sites for hydroxylation is 3. The number of aliphatic imine (C=N–C) groups is 1. The molecule has 0 spiro atoms. The zero-order valence-electron chi connectivity index (χ0n) is 22.7. The van der Waals surface area contributed by atoms with E-state index in [1.54, 1.807) is 18.4 Å². The summed E-state index contributed by atoms with van der Waals surface area (Å²) in [5.41, 5.74) is 6.71. The summed E-state index contributed by atoms with van der Waals surface area (Å²) in [6, 6.07) is 6.19. The Morgan fingerprint density at radius 1 is 1.16 bits per heavy atom. The number of fused-ring (bicyclic) bond motifs is 1. The smallest absolute Gasteiger partial charge is 0.207 e. The Hall–Kier alpha value is -3.20. The fraction of sp³-hybridized carbons (Fsp3) is 0.375. The van der Waals surface area contributed by atoms with Crippen LogP contribution in [0.3, 0.4) is 0 Å². The van der Waals surface area contributed by atoms with Gasteiger partial charge in [-0.3, -0.25) is 4.79 Å². The molecule has 0 atom stereocenters. The van der Waals surface area contributed by atoms with E-state index in [2.05, 4.69) is 45.8 Å². The van der Waals surface area contributed by atoms with Gasteiger partial charge in [-0.15, -0.1) is 17.8 Å². The van der Waals surface area contributed by atoms with Crippen LogP contribution in [0.2, 0.25) is 0 Å². The number of carbonyl (C=O) groups is 1. The Bertz CT molecular complexity index is 1390. The fourth-order valence-corrected chi connectivity index (χ4v) is 5.91. The number of ketones is 1. The normalized spacial score (nSPS) is 19.7. The molecule has 4 nitrogen and oxygen atoms in total. The number of ether oxygens (including phenoxy) is 2. The van der Waals surface area contributed by atoms with Gasteiger partial charge in [-0.1, -0.05) is 31.9 Å². The molecule has 2 aromatic rings. The molecule has 0 fully saturated rings. The van der Waals surface area contributed by atoms with Crippen molar-refractivity contribution in [2.24, 2.45) is 10.4 Å². The highest BCUT2D eigenvalue weighted by molar-refractivity contribution is 7.14. The van der Waals surface area contributed by atoms with Crippen LogP contribution in [-0.4, -0.2) is 31.8 Å². The molecule has 192 valence electrons. The average molecular weight is 514 g/mol. The Balaban J connectivity index is 1.91. The van der Waals surface area contributed by atoms with Crippen molar-refractivity contribution in [1.29, 1.82) is 0 Å². The first-order valence-electron chi connectivity index (χ1n) is 12.7. The largest absolute Gasteiger partial charge is 0.495 e. The maximum Gasteiger partial charge on any atom is 0.207 e. The van der Waals surface area contributed by atoms with Crippen LogP contribution in [0.5, 0.6) is 5.75 Å². The molecule has 1 aromatic carbocycles. The summed E-state index contributed by atoms with van der Waals surface area (Å²) in [5.74, 6) is 3.42. The van der Waals surface area contributed by atoms with Gasteiger partial charge in [0.15, 0.2) is 0 Å². The van der Waals surface area contributed by atoms with Crippen LogP contribution in [-0.2, 0) is 16.0 Å². The standard InChI is InChI=1S/C32H35NO3S/c1-8-23-17-24-13-14-27(31-21(3)16-22(4)37-31)33-29(20(2)11-12-25(24)18-28(23)35-7)30(34)26-10-9-15-36-19-32(26,5)6/h1,10,13-14,16-18H,9,11-12,15,19H2,2-7H3/b14-13?,29-20+,33-27?. The monoisotopic (exact) mass is 513 g/mol. The second-order valence-electron chi connectivity index (χ2n) is 10.4. The van der Waals surface area contributed by atoms with Gasteiger partial charge in [0, 0.05) is 15.9 Å². The summed E-state index contributed by atoms with van der Waals surface area (Å²) < 4.78 is 11.3. The Morgan fingerprint density at radius 3 is 2.62 bits per heavy atom. The first-order chi connectivity index (χ1) is 17.6. The molecule has 2 aliphatic rings. The lowest BCUT2D eigenvalue weighted by atomic mass is 9.80. The number of thiophene rings is 1. The summed E-state index contributed by atoms with van der Waals surface area (Å²) in [4.78, 5) is 21.5. The zero-order chi connectivity index (χ0) is 26.7. The van der Waals surface area contributed by atoms with Crippen molar-refractivity contribution in [1.82, 2.24) is 0 Å². The van der Waals surface area contributed by atoms with Gasteiger partial charge in [-0.25, -0.2) is 4.99 Å². The average Bonchev–Trinajstić information content (AvgIpc) is 3.09. The lowest BCUT2D eigenvalue weighted by molar-refractivity contribution is -0.113. The SMILES string of the molecule is C#Cc1cc2c(cc1OC)CC/C(C)=C(\C(=O)C1=CCCOCC1(C)C)N=C(c1sc(C)cc1C)C=C2. The van der Waals surface area contributed by atoms with E-state index in [4.69, 9.17) is 20.9 Å². The number of Topliss-reactive ketones (excluding diaryl/α,β-unsaturated/α-hetero) is 1. The highest BCUT2D eigenvalue weighted by Crippen LogP contribution is 2.35. The van der Waals surface area contributed by atoms with Gasteiger partial charge < -0.3 is 9.47 Å². The summed E-state index contributed by atoms with van der Waals surface area (Å²) in [7, 11) is 1.64. The lowest BCUT2D eigenvalue weighted by Crippen LogP contribution is -2.27. The van der Waals surface area contributed by atoms with Crippen LogP contribution in [0.15, 0.2) is 52.2 Å². The Labute approximate surface area is 224 Å². The molecule has 3 heterocycles. The molecule has 37 heavy (non-hydrogen) atoms. The number of rotatable bonds is 4. The summed E-state index contributed by atoms with van der Waals surface area (Å²) in [5, 5.41) is 0. The minimum absolute atomic E-state index is 0.00844. The second kappa shape index (κ2) is 11.0. The molecule has 0 aliphatic carbocycles. The molecule has 0 unspecified atom stereocenters. The molecule has 0 amide bonds. The molecule has 0 N–H and O–H groups in total. The van der Waals surface area contributed by atoms with Gasteiger partial charge in [-0.2, -0.15) is 0 Å². The number of carbonyl (C=O) groups excluding carboxylic acids is 1. The molecular weight excluding hydrogens is 478 g/mol. The van der Waals surface area contributed by atoms with E-state index in [-0.39, 0.29) is 11.2 Å². The van der Waals surface area contributed by atoms with E-state index in [0.717, 1.165) is 56.8 Å². The number of nitrogens with zero attached hydrogens (tertiary/aromatic N) is 1. The van der Waals surface area contributed by atoms with E-state index >= 15 is 0 Å². The Kier molecular flexibility index (Phi) is 8.02. The van der Waals surface area contributed by atoms with Gasteiger partial charge in [-0.05, 0) is 86.6 Å². The third kappa shape index (κ3) is 5.71. The van der Waals surface area contributed by atoms with Crippen molar-refractivity contribution in [2.75, 3.05) is 20.3 Å². The van der Waals surface area contributed by atoms with Crippen molar-refractivity contribution in [3.8, 4) is 18.1 Å². The fourth-order valence-electron chi connectivity index (χ4n) is 4.92. The van der Waals surface area contributed by atoms with Crippen molar-refractivity contribution >= 4 is 28.9 Å². The molecule has 0 saturated heterocycles. The number of hydrogen-bond donors (Lipinski definition) is 0. The van der Waals surface area contributed by atoms with E-state index < -0.39 is 0 Å². The van der Waals surface area contributed by atoms with Crippen molar-refractivity contribution < 1.29 is 14.3 Å². The number of methoxy groups -OCH3 is 1. The molecule has 0 radical (unpaired) electrons. The zero-order valence-corrected chi connectivity index (χ0v) is 23.5. The van der Waals surface area contributed by atoms with Crippen LogP contribution in [0.4, 0.5) is 0 Å². The summed E-state index contributed by atoms with van der Waals surface area (Å²) in [6.07, 6.45) is 14.1. The third-order valence-electron chi connectivity index (χ3n) is 6.98. The van der Waals surface area contributed by atoms with Crippen LogP contribution in [0.1, 0.15) is 65.6 Å². The van der Waals surface area contributed by atoms with Crippen LogP contribution in [0, 0.1) is 31.6 Å². The molecule has 0 bridgehead atoms. The number of hydrogen-bond acceptors (Lipinski definition) is 5. The number of benzene rings is 1. The first kappa shape index (κ1) is 26.9. The minimum Gasteiger partial charge on any atom is -0.495 e. The van der Waals surface area contributed by atoms with Crippen molar-refractivity contribution in [3.05, 3.63) is 79.2 Å². The molecule has 2 aliphatic heterocycles. The molecule has 4 rings (SSSR count). The van der Waals surface area contributed by atoms with Crippen LogP contribution < -0.4 is 4.74 Å². The second-order valence-corrected chi connectivity index (χ2v) is 11.7. The highest BCUT2D eigenvalue weighted by Gasteiger charge is 2.33. The van der Waals surface area contributed by atoms with E-state index in [1.165, 1.54) is 4.88 Å². The van der Waals surface area contributed by atoms with Gasteiger partial charge in [0.1, 0.15) is 11.4 Å². The predicted octanol–water partition coefficient (Wildman–Crippen LogP) is 7.02. The maximum atomic E-state index is 14.1. The van der Waals surface area contributed by atoms with Crippen molar-refractivity contribution in [2.45, 2.75) is 53.9 Å². The molecule has 5 heteroatoms. The van der Waals surface area contributed by atoms with E-state index in [0.29, 0.717) is 31.1 Å². The number of terminal acetylenes is 1. The Morgan fingerprint density at radius 2 is 1.95 bits per heavy atom. The van der Waals surface area contributed by atoms with Gasteiger partial charge in [0.05, 0.1) is 36.5 Å². The molecule has 0 saturated carbocycles. The topological polar surface area (TPSA) is 47.9 Å². The lowest BCUT2D eigenvalue weighted by Gasteiger charge is -2.26. The summed E-state index contributed by atoms with van der Waals surface area (Å²) in [6.45, 7) is 11.5. The predicted molar refractivity (Wildman–Crippen MR) is 154 cm³/mol. The maximum absolute atomic E-state index is 14.1. The van der Waals surface area contributed by atoms with E-state index in [1.807, 2.05) is 31.2 Å². The van der Waals surface area contributed by atoms with E-state index in [9.17, 15) is 4.79 Å². The quantitative estimate of drug-likeness (QED) is 0.413. The summed E-state index contributed by atoms with van der Waals surface area (Å²) >= 11 is 1.69.